The molecule has 0 aromatic heterocycles. The zero-order valence-corrected chi connectivity index (χ0v) is 13.6. The molecule has 0 saturated carbocycles. The Hall–Kier alpha value is -0.820. The highest BCUT2D eigenvalue weighted by Gasteiger charge is 2.04. The van der Waals surface area contributed by atoms with Gasteiger partial charge in [0.25, 0.3) is 0 Å². The van der Waals surface area contributed by atoms with Crippen LogP contribution in [0.2, 0.25) is 0 Å². The molecule has 0 radical (unpaired) electrons. The first-order valence-corrected chi connectivity index (χ1v) is 8.19. The van der Waals surface area contributed by atoms with Gasteiger partial charge in [-0.3, -0.25) is 0 Å². The summed E-state index contributed by atoms with van der Waals surface area (Å²) < 4.78 is 27.6. The summed E-state index contributed by atoms with van der Waals surface area (Å²) >= 11 is 3.45. The maximum Gasteiger partial charge on any atom is 0.123 e. The van der Waals surface area contributed by atoms with Gasteiger partial charge in [0.05, 0.1) is 39.6 Å². The number of ether oxygens (including phenoxy) is 5. The largest absolute Gasteiger partial charge is 0.491 e. The van der Waals surface area contributed by atoms with Crippen molar-refractivity contribution in [1.82, 2.24) is 0 Å². The molecule has 1 heterocycles. The van der Waals surface area contributed by atoms with E-state index in [1.165, 1.54) is 0 Å². The lowest BCUT2D eigenvalue weighted by atomic mass is 10.2. The monoisotopic (exact) mass is 360 g/mol. The summed E-state index contributed by atoms with van der Waals surface area (Å²) in [6.07, 6.45) is 0. The van der Waals surface area contributed by atoms with Crippen molar-refractivity contribution >= 4 is 15.9 Å². The molecule has 0 saturated heterocycles. The average Bonchev–Trinajstić information content (AvgIpc) is 2.50. The molecular formula is C15H21BrO5. The average molecular weight is 361 g/mol. The quantitative estimate of drug-likeness (QED) is 0.719. The van der Waals surface area contributed by atoms with Crippen LogP contribution in [0.4, 0.5) is 0 Å². The lowest BCUT2D eigenvalue weighted by Crippen LogP contribution is -2.15. The lowest BCUT2D eigenvalue weighted by Gasteiger charge is -2.13. The molecule has 2 bridgehead atoms. The first kappa shape index (κ1) is 16.5. The number of hydrogen-bond donors (Lipinski definition) is 0. The minimum atomic E-state index is 0.508. The van der Waals surface area contributed by atoms with Crippen molar-refractivity contribution in [2.75, 3.05) is 52.9 Å². The molecule has 1 aromatic rings. The molecule has 6 heteroatoms. The van der Waals surface area contributed by atoms with Gasteiger partial charge in [-0.2, -0.15) is 0 Å². The summed E-state index contributed by atoms with van der Waals surface area (Å²) in [4.78, 5) is 0. The fourth-order valence-corrected chi connectivity index (χ4v) is 2.18. The topological polar surface area (TPSA) is 46.2 Å². The normalized spacial score (nSPS) is 18.5. The van der Waals surface area contributed by atoms with E-state index in [1.807, 2.05) is 18.2 Å². The first-order valence-electron chi connectivity index (χ1n) is 7.07. The number of alkyl halides is 1. The van der Waals surface area contributed by atoms with Crippen LogP contribution in [0, 0.1) is 0 Å². The predicted molar refractivity (Wildman–Crippen MR) is 82.5 cm³/mol. The molecule has 118 valence electrons. The van der Waals surface area contributed by atoms with Crippen LogP contribution in [0.5, 0.6) is 11.5 Å². The van der Waals surface area contributed by atoms with Crippen LogP contribution >= 0.6 is 15.9 Å². The van der Waals surface area contributed by atoms with E-state index in [0.29, 0.717) is 52.9 Å². The molecule has 21 heavy (non-hydrogen) atoms. The number of benzene rings is 1. The molecule has 0 spiro atoms. The van der Waals surface area contributed by atoms with E-state index < -0.39 is 0 Å². The van der Waals surface area contributed by atoms with Crippen LogP contribution in [0.15, 0.2) is 18.2 Å². The van der Waals surface area contributed by atoms with Gasteiger partial charge in [0, 0.05) is 11.4 Å². The maximum atomic E-state index is 5.69. The third kappa shape index (κ3) is 6.65. The van der Waals surface area contributed by atoms with E-state index in [9.17, 15) is 0 Å². The van der Waals surface area contributed by atoms with Gasteiger partial charge in [-0.15, -0.1) is 0 Å². The zero-order chi connectivity index (χ0) is 14.8. The van der Waals surface area contributed by atoms with Crippen LogP contribution < -0.4 is 9.47 Å². The van der Waals surface area contributed by atoms with E-state index in [-0.39, 0.29) is 0 Å². The highest BCUT2D eigenvalue weighted by molar-refractivity contribution is 9.08. The number of hydrogen-bond acceptors (Lipinski definition) is 5. The second-order valence-electron chi connectivity index (χ2n) is 4.48. The predicted octanol–water partition coefficient (Wildman–Crippen LogP) is 2.40. The van der Waals surface area contributed by atoms with Crippen LogP contribution in [0.1, 0.15) is 5.56 Å². The summed E-state index contributed by atoms with van der Waals surface area (Å²) in [5, 5.41) is 0.755. The van der Waals surface area contributed by atoms with E-state index in [2.05, 4.69) is 15.9 Å². The molecule has 0 fully saturated rings. The summed E-state index contributed by atoms with van der Waals surface area (Å²) in [7, 11) is 0. The SMILES string of the molecule is BrCc1cc2cc(c1)OCCOCCOCCOCCO2. The molecule has 0 atom stereocenters. The second-order valence-corrected chi connectivity index (χ2v) is 5.04. The highest BCUT2D eigenvalue weighted by Crippen LogP contribution is 2.24. The Morgan fingerprint density at radius 3 is 1.52 bits per heavy atom. The van der Waals surface area contributed by atoms with Gasteiger partial charge in [-0.25, -0.2) is 0 Å². The standard InChI is InChI=1S/C15H21BrO5/c16-12-13-9-14-11-15(10-13)21-8-6-19-4-2-17-1-3-18-5-7-20-14/h9-11H,1-8,12H2. The third-order valence-electron chi connectivity index (χ3n) is 2.83. The second kappa shape index (κ2) is 10.00. The Labute approximate surface area is 133 Å². The number of rotatable bonds is 1. The molecular weight excluding hydrogens is 340 g/mol. The molecule has 1 aliphatic heterocycles. The van der Waals surface area contributed by atoms with Crippen molar-refractivity contribution in [3.8, 4) is 11.5 Å². The number of halogens is 1. The Morgan fingerprint density at radius 1 is 0.667 bits per heavy atom. The van der Waals surface area contributed by atoms with E-state index in [4.69, 9.17) is 23.7 Å². The maximum absolute atomic E-state index is 5.69. The van der Waals surface area contributed by atoms with Gasteiger partial charge in [0.15, 0.2) is 0 Å². The van der Waals surface area contributed by atoms with E-state index in [0.717, 1.165) is 22.4 Å². The fraction of sp³-hybridized carbons (Fsp3) is 0.600. The smallest absolute Gasteiger partial charge is 0.123 e. The molecule has 0 aliphatic carbocycles. The Balaban J connectivity index is 1.95. The van der Waals surface area contributed by atoms with Gasteiger partial charge < -0.3 is 23.7 Å². The van der Waals surface area contributed by atoms with Gasteiger partial charge in [-0.1, -0.05) is 15.9 Å². The van der Waals surface area contributed by atoms with Crippen LogP contribution in [-0.2, 0) is 19.5 Å². The molecule has 0 N–H and O–H groups in total. The minimum absolute atomic E-state index is 0.508. The first-order chi connectivity index (χ1) is 10.4. The summed E-state index contributed by atoms with van der Waals surface area (Å²) in [6, 6.07) is 5.87. The Kier molecular flexibility index (Phi) is 7.88. The summed E-state index contributed by atoms with van der Waals surface area (Å²) in [5.74, 6) is 1.57. The minimum Gasteiger partial charge on any atom is -0.491 e. The molecule has 0 unspecified atom stereocenters. The van der Waals surface area contributed by atoms with Crippen molar-refractivity contribution in [2.24, 2.45) is 0 Å². The van der Waals surface area contributed by atoms with Crippen molar-refractivity contribution in [2.45, 2.75) is 5.33 Å². The van der Waals surface area contributed by atoms with Crippen molar-refractivity contribution < 1.29 is 23.7 Å². The molecule has 1 aromatic carbocycles. The van der Waals surface area contributed by atoms with Gasteiger partial charge in [0.1, 0.15) is 24.7 Å². The van der Waals surface area contributed by atoms with E-state index in [1.54, 1.807) is 0 Å². The van der Waals surface area contributed by atoms with Gasteiger partial charge in [0.2, 0.25) is 0 Å². The lowest BCUT2D eigenvalue weighted by molar-refractivity contribution is 0.00433. The zero-order valence-electron chi connectivity index (χ0n) is 12.0. The Morgan fingerprint density at radius 2 is 1.10 bits per heavy atom. The van der Waals surface area contributed by atoms with Crippen molar-refractivity contribution in [3.63, 3.8) is 0 Å². The van der Waals surface area contributed by atoms with Crippen LogP contribution in [-0.4, -0.2) is 52.9 Å². The van der Waals surface area contributed by atoms with Gasteiger partial charge >= 0.3 is 0 Å². The molecule has 0 amide bonds. The van der Waals surface area contributed by atoms with Crippen molar-refractivity contribution in [3.05, 3.63) is 23.8 Å². The molecule has 5 nitrogen and oxygen atoms in total. The fourth-order valence-electron chi connectivity index (χ4n) is 1.85. The van der Waals surface area contributed by atoms with E-state index >= 15 is 0 Å². The van der Waals surface area contributed by atoms with Crippen LogP contribution in [0.3, 0.4) is 0 Å². The molecule has 2 rings (SSSR count). The van der Waals surface area contributed by atoms with Gasteiger partial charge in [-0.05, 0) is 17.7 Å². The summed E-state index contributed by atoms with van der Waals surface area (Å²) in [6.45, 7) is 4.37. The summed E-state index contributed by atoms with van der Waals surface area (Å²) in [5.41, 5.74) is 1.11. The number of fused-ring (bicyclic) bond motifs is 2. The molecule has 1 aliphatic rings. The highest BCUT2D eigenvalue weighted by atomic mass is 79.9. The third-order valence-corrected chi connectivity index (χ3v) is 3.48. The van der Waals surface area contributed by atoms with Crippen LogP contribution in [0.25, 0.3) is 0 Å². The Bertz CT molecular complexity index is 381. The van der Waals surface area contributed by atoms with Crippen molar-refractivity contribution in [1.29, 1.82) is 0 Å².